The van der Waals surface area contributed by atoms with Gasteiger partial charge in [-0.25, -0.2) is 4.79 Å². The van der Waals surface area contributed by atoms with Crippen molar-refractivity contribution in [2.75, 3.05) is 23.7 Å². The van der Waals surface area contributed by atoms with Gasteiger partial charge in [0.05, 0.1) is 5.75 Å². The molecule has 8 nitrogen and oxygen atoms in total. The number of benzene rings is 2. The van der Waals surface area contributed by atoms with E-state index in [0.29, 0.717) is 11.7 Å². The summed E-state index contributed by atoms with van der Waals surface area (Å²) in [6, 6.07) is 17.2. The van der Waals surface area contributed by atoms with E-state index in [0.717, 1.165) is 35.7 Å². The maximum absolute atomic E-state index is 12.1. The second-order valence-corrected chi connectivity index (χ2v) is 8.03. The van der Waals surface area contributed by atoms with Gasteiger partial charge in [0, 0.05) is 37.9 Å². The lowest BCUT2D eigenvalue weighted by Crippen LogP contribution is -2.39. The summed E-state index contributed by atoms with van der Waals surface area (Å²) in [6.45, 7) is 6.52. The largest absolute Gasteiger partial charge is 0.372 e. The standard InChI is InChI=1S/C23H28N6O2S/c1-4-29(5-2)19-13-11-18(12-14-19)21-26-27-23(28(21)3)32-16-20(30)25-22(31)24-15-17-9-7-6-8-10-17/h6-14H,4-5,15-16H2,1-3H3,(H2,24,25,30,31). The molecule has 0 fully saturated rings. The Balaban J connectivity index is 1.52. The van der Waals surface area contributed by atoms with Crippen molar-refractivity contribution in [2.24, 2.45) is 7.05 Å². The zero-order chi connectivity index (χ0) is 22.9. The number of imide groups is 1. The number of hydrogen-bond donors (Lipinski definition) is 2. The average molecular weight is 453 g/mol. The normalized spacial score (nSPS) is 10.6. The molecule has 0 atom stereocenters. The van der Waals surface area contributed by atoms with E-state index in [2.05, 4.69) is 51.7 Å². The van der Waals surface area contributed by atoms with E-state index in [1.54, 1.807) is 0 Å². The molecule has 0 aliphatic carbocycles. The van der Waals surface area contributed by atoms with Crippen molar-refractivity contribution in [1.82, 2.24) is 25.4 Å². The smallest absolute Gasteiger partial charge is 0.321 e. The van der Waals surface area contributed by atoms with Crippen molar-refractivity contribution in [3.8, 4) is 11.4 Å². The first-order valence-corrected chi connectivity index (χ1v) is 11.5. The number of thioether (sulfide) groups is 1. The van der Waals surface area contributed by atoms with Crippen LogP contribution in [0.1, 0.15) is 19.4 Å². The molecule has 3 amide bonds. The number of rotatable bonds is 9. The van der Waals surface area contributed by atoms with Gasteiger partial charge < -0.3 is 14.8 Å². The third-order valence-electron chi connectivity index (χ3n) is 4.97. The molecule has 0 bridgehead atoms. The van der Waals surface area contributed by atoms with Crippen molar-refractivity contribution >= 4 is 29.4 Å². The summed E-state index contributed by atoms with van der Waals surface area (Å²) in [5.41, 5.74) is 3.08. The maximum Gasteiger partial charge on any atom is 0.321 e. The third kappa shape index (κ3) is 6.10. The molecule has 3 rings (SSSR count). The summed E-state index contributed by atoms with van der Waals surface area (Å²) in [5, 5.41) is 14.1. The zero-order valence-electron chi connectivity index (χ0n) is 18.5. The van der Waals surface area contributed by atoms with Crippen molar-refractivity contribution in [3.63, 3.8) is 0 Å². The number of anilines is 1. The number of hydrogen-bond acceptors (Lipinski definition) is 6. The summed E-state index contributed by atoms with van der Waals surface area (Å²) in [5.74, 6) is 0.388. The molecule has 0 radical (unpaired) electrons. The summed E-state index contributed by atoms with van der Waals surface area (Å²) < 4.78 is 1.85. The van der Waals surface area contributed by atoms with Gasteiger partial charge >= 0.3 is 6.03 Å². The number of nitrogens with zero attached hydrogens (tertiary/aromatic N) is 4. The molecule has 0 aliphatic heterocycles. The molecular weight excluding hydrogens is 424 g/mol. The summed E-state index contributed by atoms with van der Waals surface area (Å²) in [6.07, 6.45) is 0. The van der Waals surface area contributed by atoms with Crippen LogP contribution in [0.2, 0.25) is 0 Å². The van der Waals surface area contributed by atoms with Crippen LogP contribution in [0, 0.1) is 0 Å². The number of aromatic nitrogens is 3. The van der Waals surface area contributed by atoms with Crippen molar-refractivity contribution < 1.29 is 9.59 Å². The predicted molar refractivity (Wildman–Crippen MR) is 128 cm³/mol. The van der Waals surface area contributed by atoms with Gasteiger partial charge in [-0.1, -0.05) is 42.1 Å². The molecule has 1 aromatic heterocycles. The van der Waals surface area contributed by atoms with Crippen LogP contribution >= 0.6 is 11.8 Å². The molecule has 0 unspecified atom stereocenters. The van der Waals surface area contributed by atoms with Crippen LogP contribution in [0.3, 0.4) is 0 Å². The lowest BCUT2D eigenvalue weighted by atomic mass is 10.2. The molecule has 0 spiro atoms. The minimum atomic E-state index is -0.522. The molecule has 2 N–H and O–H groups in total. The molecule has 0 saturated heterocycles. The van der Waals surface area contributed by atoms with Gasteiger partial charge in [0.2, 0.25) is 5.91 Å². The molecule has 1 heterocycles. The van der Waals surface area contributed by atoms with E-state index in [9.17, 15) is 9.59 Å². The highest BCUT2D eigenvalue weighted by molar-refractivity contribution is 7.99. The van der Waals surface area contributed by atoms with Crippen molar-refractivity contribution in [2.45, 2.75) is 25.5 Å². The van der Waals surface area contributed by atoms with Gasteiger partial charge in [0.15, 0.2) is 11.0 Å². The summed E-state index contributed by atoms with van der Waals surface area (Å²) in [4.78, 5) is 26.3. The van der Waals surface area contributed by atoms with Crippen LogP contribution in [0.25, 0.3) is 11.4 Å². The molecule has 3 aromatic rings. The Morgan fingerprint density at radius 2 is 1.69 bits per heavy atom. The Kier molecular flexibility index (Phi) is 8.27. The highest BCUT2D eigenvalue weighted by atomic mass is 32.2. The van der Waals surface area contributed by atoms with Crippen LogP contribution < -0.4 is 15.5 Å². The molecule has 0 saturated carbocycles. The second-order valence-electron chi connectivity index (χ2n) is 7.09. The molecule has 9 heteroatoms. The summed E-state index contributed by atoms with van der Waals surface area (Å²) in [7, 11) is 1.86. The van der Waals surface area contributed by atoms with E-state index in [1.165, 1.54) is 11.8 Å². The van der Waals surface area contributed by atoms with Crippen LogP contribution in [0.5, 0.6) is 0 Å². The lowest BCUT2D eigenvalue weighted by Gasteiger charge is -2.21. The first kappa shape index (κ1) is 23.3. The first-order valence-electron chi connectivity index (χ1n) is 10.5. The predicted octanol–water partition coefficient (Wildman–Crippen LogP) is 3.45. The van der Waals surface area contributed by atoms with Crippen molar-refractivity contribution in [3.05, 3.63) is 60.2 Å². The molecule has 32 heavy (non-hydrogen) atoms. The quantitative estimate of drug-likeness (QED) is 0.483. The van der Waals surface area contributed by atoms with E-state index < -0.39 is 11.9 Å². The first-order chi connectivity index (χ1) is 15.5. The Morgan fingerprint density at radius 3 is 2.34 bits per heavy atom. The number of urea groups is 1. The Labute approximate surface area is 192 Å². The fourth-order valence-corrected chi connectivity index (χ4v) is 3.93. The molecule has 168 valence electrons. The summed E-state index contributed by atoms with van der Waals surface area (Å²) >= 11 is 1.23. The lowest BCUT2D eigenvalue weighted by molar-refractivity contribution is -0.117. The third-order valence-corrected chi connectivity index (χ3v) is 5.99. The highest BCUT2D eigenvalue weighted by Crippen LogP contribution is 2.25. The van der Waals surface area contributed by atoms with E-state index in [1.807, 2.05) is 54.1 Å². The van der Waals surface area contributed by atoms with Gasteiger partial charge in [0.1, 0.15) is 0 Å². The minimum Gasteiger partial charge on any atom is -0.372 e. The van der Waals surface area contributed by atoms with E-state index in [-0.39, 0.29) is 5.75 Å². The number of nitrogens with one attached hydrogen (secondary N) is 2. The number of amides is 3. The van der Waals surface area contributed by atoms with Gasteiger partial charge in [0.25, 0.3) is 0 Å². The average Bonchev–Trinajstić information content (AvgIpc) is 3.18. The van der Waals surface area contributed by atoms with E-state index in [4.69, 9.17) is 0 Å². The second kappa shape index (κ2) is 11.3. The van der Waals surface area contributed by atoms with Crippen LogP contribution in [0.4, 0.5) is 10.5 Å². The van der Waals surface area contributed by atoms with Crippen LogP contribution in [-0.4, -0.2) is 45.5 Å². The van der Waals surface area contributed by atoms with Crippen molar-refractivity contribution in [1.29, 1.82) is 0 Å². The minimum absolute atomic E-state index is 0.0611. The topological polar surface area (TPSA) is 92.2 Å². The fourth-order valence-electron chi connectivity index (χ4n) is 3.22. The monoisotopic (exact) mass is 452 g/mol. The zero-order valence-corrected chi connectivity index (χ0v) is 19.4. The highest BCUT2D eigenvalue weighted by Gasteiger charge is 2.14. The van der Waals surface area contributed by atoms with Gasteiger partial charge in [-0.05, 0) is 43.7 Å². The van der Waals surface area contributed by atoms with Crippen LogP contribution in [0.15, 0.2) is 59.8 Å². The molecular formula is C23H28N6O2S. The van der Waals surface area contributed by atoms with E-state index >= 15 is 0 Å². The Bertz CT molecular complexity index is 1030. The van der Waals surface area contributed by atoms with Crippen LogP contribution in [-0.2, 0) is 18.4 Å². The Morgan fingerprint density at radius 1 is 1.00 bits per heavy atom. The SMILES string of the molecule is CCN(CC)c1ccc(-c2nnc(SCC(=O)NC(=O)NCc3ccccc3)n2C)cc1. The number of carbonyl (C=O) groups is 2. The number of carbonyl (C=O) groups excluding carboxylic acids is 2. The Hall–Kier alpha value is -3.33. The van der Waals surface area contributed by atoms with Gasteiger partial charge in [-0.3, -0.25) is 10.1 Å². The molecule has 0 aliphatic rings. The van der Waals surface area contributed by atoms with Gasteiger partial charge in [-0.15, -0.1) is 10.2 Å². The maximum atomic E-state index is 12.1. The van der Waals surface area contributed by atoms with Gasteiger partial charge in [-0.2, -0.15) is 0 Å². The fraction of sp³-hybridized carbons (Fsp3) is 0.304. The molecule has 2 aromatic carbocycles.